The smallest absolute Gasteiger partial charge is 0.240 e. The number of carbonyl (C=O) groups is 2. The predicted molar refractivity (Wildman–Crippen MR) is 109 cm³/mol. The molecule has 28 heavy (non-hydrogen) atoms. The zero-order chi connectivity index (χ0) is 19.9. The van der Waals surface area contributed by atoms with Crippen molar-refractivity contribution < 1.29 is 19.4 Å². The molecular formula is C19H18N4O4S. The molecule has 3 N–H and O–H groups in total. The Kier molecular flexibility index (Phi) is 6.28. The van der Waals surface area contributed by atoms with Crippen molar-refractivity contribution in [2.45, 2.75) is 11.7 Å². The van der Waals surface area contributed by atoms with E-state index in [1.165, 1.54) is 19.4 Å². The van der Waals surface area contributed by atoms with E-state index in [1.54, 1.807) is 24.3 Å². The molecule has 0 aromatic heterocycles. The van der Waals surface area contributed by atoms with Crippen molar-refractivity contribution in [3.8, 4) is 11.5 Å². The van der Waals surface area contributed by atoms with Crippen LogP contribution in [0.2, 0.25) is 0 Å². The Morgan fingerprint density at radius 2 is 2.11 bits per heavy atom. The normalized spacial score (nSPS) is 17.7. The Morgan fingerprint density at radius 1 is 1.32 bits per heavy atom. The number of hydrogen-bond donors (Lipinski definition) is 3. The lowest BCUT2D eigenvalue weighted by atomic mass is 10.2. The molecule has 0 aliphatic carbocycles. The van der Waals surface area contributed by atoms with Gasteiger partial charge >= 0.3 is 0 Å². The zero-order valence-corrected chi connectivity index (χ0v) is 15.8. The van der Waals surface area contributed by atoms with E-state index < -0.39 is 5.25 Å². The summed E-state index contributed by atoms with van der Waals surface area (Å²) in [4.78, 5) is 24.1. The molecule has 1 unspecified atom stereocenters. The van der Waals surface area contributed by atoms with E-state index in [4.69, 9.17) is 4.74 Å². The van der Waals surface area contributed by atoms with Crippen LogP contribution < -0.4 is 15.4 Å². The fourth-order valence-electron chi connectivity index (χ4n) is 2.41. The number of methoxy groups -OCH3 is 1. The van der Waals surface area contributed by atoms with Gasteiger partial charge in [0.1, 0.15) is 5.25 Å². The van der Waals surface area contributed by atoms with Crippen LogP contribution in [0.25, 0.3) is 0 Å². The summed E-state index contributed by atoms with van der Waals surface area (Å²) in [6, 6.07) is 13.8. The summed E-state index contributed by atoms with van der Waals surface area (Å²) in [5, 5.41) is 22.6. The first-order valence-electron chi connectivity index (χ1n) is 8.35. The molecule has 3 rings (SSSR count). The van der Waals surface area contributed by atoms with E-state index in [1.807, 2.05) is 18.2 Å². The second-order valence-electron chi connectivity index (χ2n) is 5.80. The van der Waals surface area contributed by atoms with Crippen molar-refractivity contribution in [3.63, 3.8) is 0 Å². The maximum Gasteiger partial charge on any atom is 0.240 e. The van der Waals surface area contributed by atoms with Crippen LogP contribution in [0.5, 0.6) is 11.5 Å². The fraction of sp³-hybridized carbons (Fsp3) is 0.158. The first kappa shape index (κ1) is 19.4. The summed E-state index contributed by atoms with van der Waals surface area (Å²) in [6.45, 7) is 0. The van der Waals surface area contributed by atoms with Gasteiger partial charge in [-0.25, -0.2) is 0 Å². The lowest BCUT2D eigenvalue weighted by molar-refractivity contribution is -0.122. The number of benzene rings is 2. The van der Waals surface area contributed by atoms with E-state index >= 15 is 0 Å². The summed E-state index contributed by atoms with van der Waals surface area (Å²) in [6.07, 6.45) is 1.50. The molecule has 0 spiro atoms. The van der Waals surface area contributed by atoms with Gasteiger partial charge in [0.15, 0.2) is 16.7 Å². The van der Waals surface area contributed by atoms with E-state index in [-0.39, 0.29) is 24.0 Å². The first-order chi connectivity index (χ1) is 13.5. The number of nitrogens with one attached hydrogen (secondary N) is 2. The molecule has 2 amide bonds. The highest BCUT2D eigenvalue weighted by atomic mass is 32.2. The number of thioether (sulfide) groups is 1. The van der Waals surface area contributed by atoms with Crippen molar-refractivity contribution in [2.24, 2.45) is 10.2 Å². The van der Waals surface area contributed by atoms with Gasteiger partial charge in [-0.15, -0.1) is 5.10 Å². The molecule has 144 valence electrons. The van der Waals surface area contributed by atoms with Crippen LogP contribution in [0.4, 0.5) is 5.69 Å². The highest BCUT2D eigenvalue weighted by Gasteiger charge is 2.32. The van der Waals surface area contributed by atoms with Gasteiger partial charge in [0.05, 0.1) is 13.3 Å². The fourth-order valence-corrected chi connectivity index (χ4v) is 3.33. The molecule has 0 saturated carbocycles. The van der Waals surface area contributed by atoms with Crippen molar-refractivity contribution in [3.05, 3.63) is 54.1 Å². The van der Waals surface area contributed by atoms with Gasteiger partial charge in [0.25, 0.3) is 0 Å². The standard InChI is InChI=1S/C19H18N4O4S/c1-27-15-9-12(7-8-14(15)24)11-20-23-19-22-18(26)16(28-19)10-17(25)21-13-5-3-2-4-6-13/h2-9,11,16,24H,10H2,1H3,(H,21,25)(H,22,23,26). The second-order valence-corrected chi connectivity index (χ2v) is 6.99. The summed E-state index contributed by atoms with van der Waals surface area (Å²) in [5.41, 5.74) is 1.35. The Morgan fingerprint density at radius 3 is 2.86 bits per heavy atom. The van der Waals surface area contributed by atoms with Gasteiger partial charge in [-0.1, -0.05) is 30.0 Å². The largest absolute Gasteiger partial charge is 0.504 e. The van der Waals surface area contributed by atoms with E-state index in [9.17, 15) is 14.7 Å². The Bertz CT molecular complexity index is 931. The summed E-state index contributed by atoms with van der Waals surface area (Å²) in [7, 11) is 1.45. The minimum absolute atomic E-state index is 0.0289. The number of para-hydroxylation sites is 1. The summed E-state index contributed by atoms with van der Waals surface area (Å²) < 4.78 is 5.03. The maximum absolute atomic E-state index is 12.1. The number of ether oxygens (including phenoxy) is 1. The average Bonchev–Trinajstić information content (AvgIpc) is 3.03. The third-order valence-corrected chi connectivity index (χ3v) is 4.84. The SMILES string of the molecule is COc1cc(C=N/N=C2/NC(=O)C(CC(=O)Nc3ccccc3)S2)ccc1O. The monoisotopic (exact) mass is 398 g/mol. The average molecular weight is 398 g/mol. The van der Waals surface area contributed by atoms with Crippen LogP contribution in [-0.4, -0.2) is 40.7 Å². The van der Waals surface area contributed by atoms with Crippen molar-refractivity contribution in [1.29, 1.82) is 0 Å². The van der Waals surface area contributed by atoms with Crippen molar-refractivity contribution in [1.82, 2.24) is 5.32 Å². The van der Waals surface area contributed by atoms with Crippen molar-refractivity contribution >= 4 is 40.6 Å². The van der Waals surface area contributed by atoms with E-state index in [0.717, 1.165) is 11.8 Å². The van der Waals surface area contributed by atoms with Crippen LogP contribution in [0.15, 0.2) is 58.7 Å². The lowest BCUT2D eigenvalue weighted by Crippen LogP contribution is -2.28. The Balaban J connectivity index is 1.57. The number of phenolic OH excluding ortho intramolecular Hbond substituents is 1. The van der Waals surface area contributed by atoms with Gasteiger partial charge in [-0.05, 0) is 35.9 Å². The molecule has 2 aromatic rings. The molecule has 2 aromatic carbocycles. The highest BCUT2D eigenvalue weighted by Crippen LogP contribution is 2.26. The van der Waals surface area contributed by atoms with E-state index in [0.29, 0.717) is 22.2 Å². The summed E-state index contributed by atoms with van der Waals surface area (Å²) in [5.74, 6) is -0.181. The van der Waals surface area contributed by atoms with Gasteiger partial charge < -0.3 is 20.5 Å². The predicted octanol–water partition coefficient (Wildman–Crippen LogP) is 2.35. The number of hydrogen-bond acceptors (Lipinski definition) is 7. The first-order valence-corrected chi connectivity index (χ1v) is 9.23. The number of phenols is 1. The minimum Gasteiger partial charge on any atom is -0.504 e. The van der Waals surface area contributed by atoms with Gasteiger partial charge in [0.2, 0.25) is 11.8 Å². The molecular weight excluding hydrogens is 380 g/mol. The number of amides is 2. The molecule has 1 atom stereocenters. The number of aromatic hydroxyl groups is 1. The van der Waals surface area contributed by atoms with Gasteiger partial charge in [0, 0.05) is 12.1 Å². The topological polar surface area (TPSA) is 112 Å². The van der Waals surface area contributed by atoms with Gasteiger partial charge in [-0.3, -0.25) is 9.59 Å². The molecule has 1 saturated heterocycles. The Labute approximate surface area is 165 Å². The van der Waals surface area contributed by atoms with Crippen LogP contribution >= 0.6 is 11.8 Å². The third-order valence-electron chi connectivity index (χ3n) is 3.76. The number of anilines is 1. The molecule has 9 heteroatoms. The lowest BCUT2D eigenvalue weighted by Gasteiger charge is -2.06. The maximum atomic E-state index is 12.1. The summed E-state index contributed by atoms with van der Waals surface area (Å²) >= 11 is 1.15. The molecule has 0 radical (unpaired) electrons. The zero-order valence-electron chi connectivity index (χ0n) is 15.0. The third kappa shape index (κ3) is 5.10. The molecule has 1 fully saturated rings. The molecule has 1 heterocycles. The quantitative estimate of drug-likeness (QED) is 0.511. The number of nitrogens with zero attached hydrogens (tertiary/aromatic N) is 2. The minimum atomic E-state index is -0.563. The van der Waals surface area contributed by atoms with E-state index in [2.05, 4.69) is 20.8 Å². The molecule has 8 nitrogen and oxygen atoms in total. The molecule has 0 bridgehead atoms. The van der Waals surface area contributed by atoms with Crippen LogP contribution in [0.1, 0.15) is 12.0 Å². The number of rotatable bonds is 6. The van der Waals surface area contributed by atoms with Gasteiger partial charge in [-0.2, -0.15) is 5.10 Å². The van der Waals surface area contributed by atoms with Crippen LogP contribution in [0, 0.1) is 0 Å². The number of amidine groups is 1. The Hall–Kier alpha value is -3.33. The van der Waals surface area contributed by atoms with Crippen molar-refractivity contribution in [2.75, 3.05) is 12.4 Å². The van der Waals surface area contributed by atoms with Crippen LogP contribution in [0.3, 0.4) is 0 Å². The molecule has 1 aliphatic heterocycles. The highest BCUT2D eigenvalue weighted by molar-refractivity contribution is 8.15. The van der Waals surface area contributed by atoms with Crippen LogP contribution in [-0.2, 0) is 9.59 Å². The molecule has 1 aliphatic rings. The number of carbonyl (C=O) groups excluding carboxylic acids is 2. The second kappa shape index (κ2) is 9.05.